The zero-order valence-corrected chi connectivity index (χ0v) is 18.3. The molecular weight excluding hydrogens is 404 g/mol. The van der Waals surface area contributed by atoms with Gasteiger partial charge in [0.25, 0.3) is 5.91 Å². The van der Waals surface area contributed by atoms with Crippen molar-refractivity contribution in [1.29, 1.82) is 0 Å². The number of benzene rings is 1. The van der Waals surface area contributed by atoms with Gasteiger partial charge in [-0.15, -0.1) is 0 Å². The molecule has 9 heteroatoms. The molecular formula is C21H26N4O4S. The van der Waals surface area contributed by atoms with Gasteiger partial charge in [-0.2, -0.15) is 0 Å². The lowest BCUT2D eigenvalue weighted by Crippen LogP contribution is -2.49. The van der Waals surface area contributed by atoms with Crippen LogP contribution < -0.4 is 4.90 Å². The van der Waals surface area contributed by atoms with Crippen LogP contribution in [0.4, 0.5) is 5.95 Å². The van der Waals surface area contributed by atoms with E-state index in [9.17, 15) is 13.2 Å². The summed E-state index contributed by atoms with van der Waals surface area (Å²) in [5.41, 5.74) is 2.05. The number of rotatable bonds is 3. The fraction of sp³-hybridized carbons (Fsp3) is 0.476. The van der Waals surface area contributed by atoms with E-state index in [0.717, 1.165) is 23.9 Å². The summed E-state index contributed by atoms with van der Waals surface area (Å²) in [4.78, 5) is 26.0. The number of carbonyl (C=O) groups is 1. The van der Waals surface area contributed by atoms with Gasteiger partial charge >= 0.3 is 0 Å². The summed E-state index contributed by atoms with van der Waals surface area (Å²) in [7, 11) is 0.538. The maximum Gasteiger partial charge on any atom is 0.253 e. The van der Waals surface area contributed by atoms with E-state index >= 15 is 0 Å². The van der Waals surface area contributed by atoms with Crippen molar-refractivity contribution < 1.29 is 17.9 Å². The van der Waals surface area contributed by atoms with E-state index in [1.807, 2.05) is 25.2 Å². The molecule has 1 amide bonds. The largest absolute Gasteiger partial charge is 0.368 e. The molecule has 0 radical (unpaired) electrons. The Bertz CT molecular complexity index is 1060. The first-order chi connectivity index (χ1) is 14.2. The molecule has 0 atom stereocenters. The Morgan fingerprint density at radius 1 is 1.17 bits per heavy atom. The zero-order chi connectivity index (χ0) is 21.5. The quantitative estimate of drug-likeness (QED) is 0.731. The van der Waals surface area contributed by atoms with Crippen LogP contribution in [0.2, 0.25) is 0 Å². The number of hydrogen-bond acceptors (Lipinski definition) is 7. The lowest BCUT2D eigenvalue weighted by atomic mass is 9.83. The van der Waals surface area contributed by atoms with E-state index < -0.39 is 15.4 Å². The summed E-state index contributed by atoms with van der Waals surface area (Å²) in [6.45, 7) is 1.72. The number of fused-ring (bicyclic) bond motifs is 2. The standard InChI is InChI=1S/C21H26N4O4S/c1-24(2)20-22-14-16-8-13-29-21(18(16)23-20)9-11-25(12-10-21)19(26)15-4-6-17(7-5-15)30(3,27)28/h4-7,14H,8-13H2,1-3H3. The number of anilines is 1. The number of ether oxygens (including phenoxy) is 1. The van der Waals surface area contributed by atoms with Crippen LogP contribution in [-0.4, -0.2) is 69.2 Å². The molecule has 1 fully saturated rings. The highest BCUT2D eigenvalue weighted by Crippen LogP contribution is 2.41. The summed E-state index contributed by atoms with van der Waals surface area (Å²) >= 11 is 0. The molecule has 0 aliphatic carbocycles. The second-order valence-corrected chi connectivity index (χ2v) is 10.1. The highest BCUT2D eigenvalue weighted by Gasteiger charge is 2.43. The molecule has 2 aliphatic rings. The van der Waals surface area contributed by atoms with Gasteiger partial charge in [0.05, 0.1) is 17.2 Å². The average molecular weight is 431 g/mol. The minimum absolute atomic E-state index is 0.0994. The molecule has 2 aromatic rings. The summed E-state index contributed by atoms with van der Waals surface area (Å²) in [5.74, 6) is 0.556. The minimum Gasteiger partial charge on any atom is -0.368 e. The lowest BCUT2D eigenvalue weighted by molar-refractivity contribution is -0.0967. The van der Waals surface area contributed by atoms with E-state index in [1.165, 1.54) is 12.1 Å². The van der Waals surface area contributed by atoms with E-state index in [1.54, 1.807) is 17.0 Å². The Morgan fingerprint density at radius 2 is 1.83 bits per heavy atom. The molecule has 1 aromatic heterocycles. The van der Waals surface area contributed by atoms with Crippen LogP contribution in [0.15, 0.2) is 35.4 Å². The van der Waals surface area contributed by atoms with Gasteiger partial charge in [0.1, 0.15) is 5.60 Å². The third-order valence-corrected chi connectivity index (χ3v) is 6.95. The molecule has 1 aromatic carbocycles. The van der Waals surface area contributed by atoms with Crippen LogP contribution in [0.3, 0.4) is 0 Å². The zero-order valence-electron chi connectivity index (χ0n) is 17.5. The van der Waals surface area contributed by atoms with Crippen molar-refractivity contribution in [2.45, 2.75) is 29.8 Å². The molecule has 0 unspecified atom stereocenters. The number of amides is 1. The van der Waals surface area contributed by atoms with E-state index in [-0.39, 0.29) is 10.8 Å². The molecule has 30 heavy (non-hydrogen) atoms. The number of aromatic nitrogens is 2. The lowest BCUT2D eigenvalue weighted by Gasteiger charge is -2.44. The van der Waals surface area contributed by atoms with Crippen LogP contribution >= 0.6 is 0 Å². The van der Waals surface area contributed by atoms with Crippen molar-refractivity contribution in [3.63, 3.8) is 0 Å². The van der Waals surface area contributed by atoms with Gasteiger partial charge in [-0.05, 0) is 49.1 Å². The van der Waals surface area contributed by atoms with Gasteiger partial charge in [0.15, 0.2) is 9.84 Å². The van der Waals surface area contributed by atoms with Crippen molar-refractivity contribution >= 4 is 21.7 Å². The second-order valence-electron chi connectivity index (χ2n) is 8.12. The Kier molecular flexibility index (Phi) is 5.27. The third-order valence-electron chi connectivity index (χ3n) is 5.82. The first-order valence-electron chi connectivity index (χ1n) is 9.97. The van der Waals surface area contributed by atoms with Crippen LogP contribution in [0.25, 0.3) is 0 Å². The van der Waals surface area contributed by atoms with Crippen molar-refractivity contribution in [2.24, 2.45) is 0 Å². The SMILES string of the molecule is CN(C)c1ncc2c(n1)C1(CCN(C(=O)c3ccc(S(C)(=O)=O)cc3)CC1)OCC2. The molecule has 2 aliphatic heterocycles. The molecule has 160 valence electrons. The van der Waals surface area contributed by atoms with Crippen LogP contribution in [0.5, 0.6) is 0 Å². The van der Waals surface area contributed by atoms with Gasteiger partial charge in [-0.1, -0.05) is 0 Å². The van der Waals surface area contributed by atoms with Crippen molar-refractivity contribution in [3.8, 4) is 0 Å². The van der Waals surface area contributed by atoms with E-state index in [4.69, 9.17) is 9.72 Å². The monoisotopic (exact) mass is 430 g/mol. The summed E-state index contributed by atoms with van der Waals surface area (Å²) in [6, 6.07) is 6.11. The van der Waals surface area contributed by atoms with Crippen molar-refractivity contribution in [1.82, 2.24) is 14.9 Å². The van der Waals surface area contributed by atoms with Crippen molar-refractivity contribution in [2.75, 3.05) is 44.9 Å². The maximum atomic E-state index is 12.9. The Hall–Kier alpha value is -2.52. The minimum atomic E-state index is -3.28. The highest BCUT2D eigenvalue weighted by atomic mass is 32.2. The predicted molar refractivity (Wildman–Crippen MR) is 112 cm³/mol. The molecule has 1 saturated heterocycles. The number of piperidine rings is 1. The number of sulfone groups is 1. The van der Waals surface area contributed by atoms with Crippen LogP contribution in [0.1, 0.15) is 34.5 Å². The summed E-state index contributed by atoms with van der Waals surface area (Å²) < 4.78 is 29.5. The molecule has 1 spiro atoms. The summed E-state index contributed by atoms with van der Waals surface area (Å²) in [5, 5.41) is 0. The normalized spacial score (nSPS) is 18.2. The van der Waals surface area contributed by atoms with Gasteiger partial charge in [-0.25, -0.2) is 18.4 Å². The predicted octanol–water partition coefficient (Wildman–Crippen LogP) is 1.65. The molecule has 0 bridgehead atoms. The van der Waals surface area contributed by atoms with E-state index in [0.29, 0.717) is 44.0 Å². The molecule has 3 heterocycles. The number of carbonyl (C=O) groups excluding carboxylic acids is 1. The Balaban J connectivity index is 1.52. The average Bonchev–Trinajstić information content (AvgIpc) is 2.73. The van der Waals surface area contributed by atoms with Gasteiger partial charge < -0.3 is 14.5 Å². The number of nitrogens with zero attached hydrogens (tertiary/aromatic N) is 4. The molecule has 4 rings (SSSR count). The van der Waals surface area contributed by atoms with Gasteiger partial charge in [-0.3, -0.25) is 4.79 Å². The van der Waals surface area contributed by atoms with Gasteiger partial charge in [0, 0.05) is 45.2 Å². The number of hydrogen-bond donors (Lipinski definition) is 0. The van der Waals surface area contributed by atoms with Crippen LogP contribution in [-0.2, 0) is 26.6 Å². The number of likely N-dealkylation sites (tertiary alicyclic amines) is 1. The van der Waals surface area contributed by atoms with Gasteiger partial charge in [0.2, 0.25) is 5.95 Å². The fourth-order valence-electron chi connectivity index (χ4n) is 4.09. The maximum absolute atomic E-state index is 12.9. The fourth-order valence-corrected chi connectivity index (χ4v) is 4.72. The summed E-state index contributed by atoms with van der Waals surface area (Å²) in [6.07, 6.45) is 5.16. The molecule has 0 saturated carbocycles. The molecule has 8 nitrogen and oxygen atoms in total. The first-order valence-corrected chi connectivity index (χ1v) is 11.9. The molecule has 0 N–H and O–H groups in total. The van der Waals surface area contributed by atoms with E-state index in [2.05, 4.69) is 4.98 Å². The Labute approximate surface area is 176 Å². The smallest absolute Gasteiger partial charge is 0.253 e. The highest BCUT2D eigenvalue weighted by molar-refractivity contribution is 7.90. The second kappa shape index (κ2) is 7.63. The topological polar surface area (TPSA) is 92.7 Å². The Morgan fingerprint density at radius 3 is 2.43 bits per heavy atom. The first kappa shape index (κ1) is 20.7. The third kappa shape index (κ3) is 3.79. The van der Waals surface area contributed by atoms with Crippen molar-refractivity contribution in [3.05, 3.63) is 47.3 Å². The van der Waals surface area contributed by atoms with Crippen LogP contribution in [0, 0.1) is 0 Å².